The molecule has 3 aromatic carbocycles. The predicted molar refractivity (Wildman–Crippen MR) is 267 cm³/mol. The van der Waals surface area contributed by atoms with E-state index in [1.54, 1.807) is 37.4 Å². The lowest BCUT2D eigenvalue weighted by molar-refractivity contribution is -0.384. The topological polar surface area (TPSA) is 211 Å². The van der Waals surface area contributed by atoms with Gasteiger partial charge in [0.15, 0.2) is 17.2 Å². The second kappa shape index (κ2) is 18.6. The van der Waals surface area contributed by atoms with Crippen molar-refractivity contribution < 1.29 is 42.2 Å². The Balaban J connectivity index is 0.837. The molecule has 3 atom stereocenters. The molecule has 2 saturated carbocycles. The zero-order valence-electron chi connectivity index (χ0n) is 40.5. The molecule has 1 amide bonds. The molecular weight excluding hydrogens is 927 g/mol. The quantitative estimate of drug-likeness (QED) is 0.0643. The first-order valence-corrected chi connectivity index (χ1v) is 26.7. The van der Waals surface area contributed by atoms with E-state index in [0.29, 0.717) is 62.4 Å². The Bertz CT molecular complexity index is 2950. The maximum Gasteiger partial charge on any atom is 0.297 e. The highest BCUT2D eigenvalue weighted by atomic mass is 32.2. The molecule has 18 heteroatoms. The van der Waals surface area contributed by atoms with Crippen molar-refractivity contribution in [3.63, 3.8) is 0 Å². The average molecular weight is 990 g/mol. The number of H-pyrrole nitrogens is 1. The first-order valence-electron chi connectivity index (χ1n) is 25.2. The lowest BCUT2D eigenvalue weighted by atomic mass is 9.70. The van der Waals surface area contributed by atoms with Crippen LogP contribution >= 0.6 is 0 Å². The smallest absolute Gasteiger partial charge is 0.297 e. The molecule has 4 aliphatic heterocycles. The van der Waals surface area contributed by atoms with Gasteiger partial charge in [-0.05, 0) is 117 Å². The number of benzene rings is 3. The van der Waals surface area contributed by atoms with Gasteiger partial charge in [-0.15, -0.1) is 0 Å². The van der Waals surface area contributed by atoms with Crippen LogP contribution in [0, 0.1) is 21.4 Å². The third kappa shape index (κ3) is 9.39. The van der Waals surface area contributed by atoms with Gasteiger partial charge in [0.1, 0.15) is 24.1 Å². The highest BCUT2D eigenvalue weighted by molar-refractivity contribution is 7.90. The van der Waals surface area contributed by atoms with Crippen molar-refractivity contribution in [2.45, 2.75) is 119 Å². The van der Waals surface area contributed by atoms with E-state index in [4.69, 9.17) is 18.9 Å². The number of hydrogen-bond acceptors (Lipinski definition) is 14. The van der Waals surface area contributed by atoms with E-state index in [-0.39, 0.29) is 64.5 Å². The SMILES string of the molecule is CC(C)c1ccccc1[C@@H]1CCC[C@@H]1N1CC2(CCN(c3ccc(C(=O)NS(=O)(=O)c4cc5c(c([N+](=O)[O-])c4)N[C@@H](C4CCC(C)(O)CC4)CO5)c(Oc4cc5cc[nH]c5nc4OC4COC4)c3)CC2)C1. The fraction of sp³-hybridized carbons (Fsp3) is 0.509. The molecule has 0 unspecified atom stereocenters. The van der Waals surface area contributed by atoms with Crippen LogP contribution in [0.4, 0.5) is 17.1 Å². The number of nitrogens with one attached hydrogen (secondary N) is 3. The van der Waals surface area contributed by atoms with Crippen molar-refractivity contribution in [2.75, 3.05) is 56.2 Å². The average Bonchev–Trinajstić information content (AvgIpc) is 4.01. The number of rotatable bonds is 13. The van der Waals surface area contributed by atoms with E-state index in [1.165, 1.54) is 36.5 Å². The van der Waals surface area contributed by atoms with Gasteiger partial charge in [-0.25, -0.2) is 13.1 Å². The summed E-state index contributed by atoms with van der Waals surface area (Å²) in [5, 5.41) is 26.9. The first kappa shape index (κ1) is 47.4. The molecule has 17 nitrogen and oxygen atoms in total. The largest absolute Gasteiger partial charge is 0.489 e. The summed E-state index contributed by atoms with van der Waals surface area (Å²) in [6, 6.07) is 20.1. The number of fused-ring (bicyclic) bond motifs is 2. The number of nitrogens with zero attached hydrogens (tertiary/aromatic N) is 4. The van der Waals surface area contributed by atoms with Crippen molar-refractivity contribution in [3.8, 4) is 23.1 Å². The van der Waals surface area contributed by atoms with Crippen molar-refractivity contribution in [2.24, 2.45) is 11.3 Å². The van der Waals surface area contributed by atoms with E-state index in [9.17, 15) is 28.4 Å². The molecule has 11 rings (SSSR count). The summed E-state index contributed by atoms with van der Waals surface area (Å²) >= 11 is 0. The number of carbonyl (C=O) groups excluding carboxylic acids is 1. The summed E-state index contributed by atoms with van der Waals surface area (Å²) in [5.41, 5.74) is 3.33. The standard InChI is InChI=1S/C53H63N7O10S/c1-32(2)38-7-4-5-8-39(38)40-9-6-10-43(40)59-30-53(31-59)18-21-58(22-19-53)35-11-12-41(45(24-35)70-47-23-34-15-20-54-49(34)56-51(47)69-36-27-67-28-36)50(61)57-71(65,66)37-25-44(60(63)64)48-46(26-37)68-29-42(55-48)33-13-16-52(3,62)17-14-33/h4-5,7-8,11-12,15,20,23-26,32-33,36,40,42-43,55,62H,6,9-10,13-14,16-19,21-22,27-31H2,1-3H3,(H,54,56)(H,57,61)/t33?,40-,42+,43-,52?/m0/s1. The number of sulfonamides is 1. The molecular formula is C53H63N7O10S. The normalized spacial score (nSPS) is 25.5. The Morgan fingerprint density at radius 1 is 0.972 bits per heavy atom. The van der Waals surface area contributed by atoms with Gasteiger partial charge in [0.05, 0.1) is 40.2 Å². The molecule has 5 aromatic rings. The Kier molecular flexibility index (Phi) is 12.4. The monoisotopic (exact) mass is 989 g/mol. The van der Waals surface area contributed by atoms with Crippen LogP contribution in [0.3, 0.4) is 0 Å². The summed E-state index contributed by atoms with van der Waals surface area (Å²) in [7, 11) is -4.72. The zero-order valence-corrected chi connectivity index (χ0v) is 41.3. The van der Waals surface area contributed by atoms with Gasteiger partial charge in [-0.3, -0.25) is 19.8 Å². The van der Waals surface area contributed by atoms with E-state index >= 15 is 0 Å². The van der Waals surface area contributed by atoms with E-state index in [2.05, 4.69) is 67.9 Å². The number of aromatic amines is 1. The number of likely N-dealkylation sites (tertiary alicyclic amines) is 1. The van der Waals surface area contributed by atoms with Crippen LogP contribution in [0.2, 0.25) is 0 Å². The minimum Gasteiger partial charge on any atom is -0.489 e. The molecule has 0 radical (unpaired) electrons. The van der Waals surface area contributed by atoms with Crippen LogP contribution in [0.1, 0.15) is 112 Å². The molecule has 5 fully saturated rings. The van der Waals surface area contributed by atoms with Gasteiger partial charge in [-0.1, -0.05) is 44.5 Å². The van der Waals surface area contributed by atoms with Crippen LogP contribution < -0.4 is 29.1 Å². The zero-order chi connectivity index (χ0) is 49.2. The Morgan fingerprint density at radius 2 is 1.75 bits per heavy atom. The molecule has 376 valence electrons. The van der Waals surface area contributed by atoms with Crippen molar-refractivity contribution in [3.05, 3.63) is 99.7 Å². The highest BCUT2D eigenvalue weighted by Gasteiger charge is 2.49. The molecule has 4 N–H and O–H groups in total. The Morgan fingerprint density at radius 3 is 2.48 bits per heavy atom. The van der Waals surface area contributed by atoms with Crippen molar-refractivity contribution in [1.82, 2.24) is 19.6 Å². The maximum atomic E-state index is 14.4. The molecule has 6 aliphatic rings. The van der Waals surface area contributed by atoms with Gasteiger partial charge >= 0.3 is 0 Å². The minimum absolute atomic E-state index is 0.00967. The van der Waals surface area contributed by atoms with Gasteiger partial charge in [0.25, 0.3) is 27.5 Å². The lowest BCUT2D eigenvalue weighted by Gasteiger charge is -2.57. The van der Waals surface area contributed by atoms with Gasteiger partial charge in [0.2, 0.25) is 0 Å². The maximum absolute atomic E-state index is 14.4. The fourth-order valence-electron chi connectivity index (χ4n) is 12.1. The van der Waals surface area contributed by atoms with Crippen molar-refractivity contribution >= 4 is 44.0 Å². The molecule has 3 saturated heterocycles. The molecule has 6 heterocycles. The number of nitro groups is 1. The number of aliphatic hydroxyl groups is 1. The van der Waals surface area contributed by atoms with E-state index in [1.807, 2.05) is 6.07 Å². The van der Waals surface area contributed by atoms with Crippen LogP contribution in [0.25, 0.3) is 11.0 Å². The van der Waals surface area contributed by atoms with Crippen LogP contribution in [0.5, 0.6) is 23.1 Å². The number of anilines is 2. The summed E-state index contributed by atoms with van der Waals surface area (Å²) in [6.07, 6.45) is 9.80. The third-order valence-electron chi connectivity index (χ3n) is 16.2. The number of piperidine rings is 1. The van der Waals surface area contributed by atoms with Crippen LogP contribution in [-0.2, 0) is 14.8 Å². The van der Waals surface area contributed by atoms with Gasteiger partial charge < -0.3 is 39.3 Å². The second-order valence-electron chi connectivity index (χ2n) is 21.5. The van der Waals surface area contributed by atoms with Crippen LogP contribution in [-0.4, -0.2) is 109 Å². The van der Waals surface area contributed by atoms with Crippen molar-refractivity contribution in [1.29, 1.82) is 0 Å². The van der Waals surface area contributed by atoms with Gasteiger partial charge in [0, 0.05) is 67.7 Å². The molecule has 2 aromatic heterocycles. The minimum atomic E-state index is -4.72. The van der Waals surface area contributed by atoms with E-state index < -0.39 is 37.0 Å². The number of pyridine rings is 1. The Hall–Kier alpha value is -5.95. The number of ether oxygens (including phenoxy) is 4. The second-order valence-corrected chi connectivity index (χ2v) is 23.1. The highest BCUT2D eigenvalue weighted by Crippen LogP contribution is 2.50. The molecule has 0 bridgehead atoms. The Labute approximate surface area is 413 Å². The van der Waals surface area contributed by atoms with E-state index in [0.717, 1.165) is 56.2 Å². The predicted octanol–water partition coefficient (Wildman–Crippen LogP) is 8.64. The van der Waals surface area contributed by atoms with Crippen LogP contribution in [0.15, 0.2) is 77.8 Å². The summed E-state index contributed by atoms with van der Waals surface area (Å²) in [4.78, 5) is 38.5. The van der Waals surface area contributed by atoms with Gasteiger partial charge in [-0.2, -0.15) is 4.98 Å². The lowest BCUT2D eigenvalue weighted by Crippen LogP contribution is -2.63. The molecule has 71 heavy (non-hydrogen) atoms. The number of amides is 1. The fourth-order valence-corrected chi connectivity index (χ4v) is 13.1. The summed E-state index contributed by atoms with van der Waals surface area (Å²) in [6.45, 7) is 11.0. The third-order valence-corrected chi connectivity index (χ3v) is 17.5. The molecule has 1 spiro atoms. The molecule has 2 aliphatic carbocycles. The number of hydrogen-bond donors (Lipinski definition) is 4. The number of aromatic nitrogens is 2. The number of carbonyl (C=O) groups is 1. The first-order chi connectivity index (χ1) is 34.1. The summed E-state index contributed by atoms with van der Waals surface area (Å²) in [5.74, 6) is 0.599. The summed E-state index contributed by atoms with van der Waals surface area (Å²) < 4.78 is 54.6. The number of nitro benzene ring substituents is 1.